The third kappa shape index (κ3) is 3.36. The predicted octanol–water partition coefficient (Wildman–Crippen LogP) is -1.15. The number of carbonyl (C=O) groups is 2. The van der Waals surface area contributed by atoms with Crippen LogP contribution in [-0.2, 0) is 9.53 Å². The maximum atomic E-state index is 12.5. The molecule has 0 aromatic rings. The summed E-state index contributed by atoms with van der Waals surface area (Å²) >= 11 is 0. The van der Waals surface area contributed by atoms with Gasteiger partial charge in [0.2, 0.25) is 5.91 Å². The Balaban J connectivity index is 2.01. The minimum Gasteiger partial charge on any atom is -0.378 e. The van der Waals surface area contributed by atoms with E-state index in [1.165, 1.54) is 0 Å². The highest BCUT2D eigenvalue weighted by Gasteiger charge is 2.34. The Kier molecular flexibility index (Phi) is 4.98. The molecular formula is C12H22N4O3. The first-order valence-corrected chi connectivity index (χ1v) is 6.85. The van der Waals surface area contributed by atoms with Gasteiger partial charge in [0.25, 0.3) is 0 Å². The summed E-state index contributed by atoms with van der Waals surface area (Å²) in [7, 11) is 0. The minimum atomic E-state index is -0.413. The number of carbonyl (C=O) groups excluding carboxylic acids is 2. The van der Waals surface area contributed by atoms with E-state index in [2.05, 4.69) is 10.6 Å². The molecule has 0 aromatic carbocycles. The molecule has 0 saturated carbocycles. The van der Waals surface area contributed by atoms with Crippen molar-refractivity contribution in [3.63, 3.8) is 0 Å². The van der Waals surface area contributed by atoms with Gasteiger partial charge in [-0.25, -0.2) is 4.79 Å². The van der Waals surface area contributed by atoms with Gasteiger partial charge < -0.3 is 25.2 Å². The van der Waals surface area contributed by atoms with Crippen molar-refractivity contribution in [2.24, 2.45) is 0 Å². The van der Waals surface area contributed by atoms with Gasteiger partial charge in [0.15, 0.2) is 0 Å². The largest absolute Gasteiger partial charge is 0.378 e. The average Bonchev–Trinajstić information content (AvgIpc) is 2.47. The van der Waals surface area contributed by atoms with E-state index >= 15 is 0 Å². The molecule has 1 unspecified atom stereocenters. The first-order chi connectivity index (χ1) is 9.24. The monoisotopic (exact) mass is 270 g/mol. The first kappa shape index (κ1) is 14.1. The molecule has 19 heavy (non-hydrogen) atoms. The van der Waals surface area contributed by atoms with Gasteiger partial charge in [-0.05, 0) is 6.92 Å². The number of morpholine rings is 1. The Morgan fingerprint density at radius 3 is 2.74 bits per heavy atom. The van der Waals surface area contributed by atoms with Crippen LogP contribution in [0, 0.1) is 0 Å². The molecule has 7 heteroatoms. The van der Waals surface area contributed by atoms with E-state index in [1.807, 2.05) is 6.92 Å². The van der Waals surface area contributed by atoms with Gasteiger partial charge in [0.1, 0.15) is 6.04 Å². The van der Waals surface area contributed by atoms with Crippen LogP contribution in [0.3, 0.4) is 0 Å². The Morgan fingerprint density at radius 2 is 2.05 bits per heavy atom. The summed E-state index contributed by atoms with van der Waals surface area (Å²) in [6, 6.07) is -0.468. The second kappa shape index (κ2) is 6.72. The number of hydrogen-bond acceptors (Lipinski definition) is 4. The fraction of sp³-hybridized carbons (Fsp3) is 0.833. The van der Waals surface area contributed by atoms with Crippen molar-refractivity contribution >= 4 is 11.9 Å². The standard InChI is InChI=1S/C12H22N4O3/c1-2-14-11(17)10-9-13-3-4-16(10)12(18)15-5-7-19-8-6-15/h10,13H,2-9H2,1H3,(H,14,17). The summed E-state index contributed by atoms with van der Waals surface area (Å²) in [6.45, 7) is 6.62. The first-order valence-electron chi connectivity index (χ1n) is 6.85. The molecule has 0 bridgehead atoms. The van der Waals surface area contributed by atoms with Gasteiger partial charge in [-0.15, -0.1) is 0 Å². The Bertz CT molecular complexity index is 331. The molecular weight excluding hydrogens is 248 g/mol. The minimum absolute atomic E-state index is 0.0546. The zero-order valence-electron chi connectivity index (χ0n) is 11.4. The molecule has 1 atom stereocenters. The molecule has 2 saturated heterocycles. The van der Waals surface area contributed by atoms with Gasteiger partial charge >= 0.3 is 6.03 Å². The summed E-state index contributed by atoms with van der Waals surface area (Å²) in [5, 5.41) is 5.95. The third-order valence-corrected chi connectivity index (χ3v) is 3.42. The Labute approximate surface area is 113 Å². The lowest BCUT2D eigenvalue weighted by Crippen LogP contribution is -2.62. The molecule has 3 amide bonds. The van der Waals surface area contributed by atoms with Crippen molar-refractivity contribution in [2.45, 2.75) is 13.0 Å². The zero-order chi connectivity index (χ0) is 13.7. The highest BCUT2D eigenvalue weighted by molar-refractivity contribution is 5.87. The van der Waals surface area contributed by atoms with Crippen molar-refractivity contribution in [3.8, 4) is 0 Å². The molecule has 7 nitrogen and oxygen atoms in total. The molecule has 2 fully saturated rings. The van der Waals surface area contributed by atoms with E-state index in [4.69, 9.17) is 4.74 Å². The lowest BCUT2D eigenvalue weighted by atomic mass is 10.2. The summed E-state index contributed by atoms with van der Waals surface area (Å²) in [5.74, 6) is -0.0868. The van der Waals surface area contributed by atoms with E-state index in [-0.39, 0.29) is 11.9 Å². The van der Waals surface area contributed by atoms with Crippen LogP contribution in [0.1, 0.15) is 6.92 Å². The maximum absolute atomic E-state index is 12.5. The summed E-state index contributed by atoms with van der Waals surface area (Å²) in [5.41, 5.74) is 0. The fourth-order valence-corrected chi connectivity index (χ4v) is 2.40. The van der Waals surface area contributed by atoms with Crippen LogP contribution in [0.25, 0.3) is 0 Å². The number of nitrogens with one attached hydrogen (secondary N) is 2. The number of urea groups is 1. The summed E-state index contributed by atoms with van der Waals surface area (Å²) < 4.78 is 5.25. The fourth-order valence-electron chi connectivity index (χ4n) is 2.40. The smallest absolute Gasteiger partial charge is 0.320 e. The molecule has 2 aliphatic rings. The lowest BCUT2D eigenvalue weighted by molar-refractivity contribution is -0.126. The third-order valence-electron chi connectivity index (χ3n) is 3.42. The van der Waals surface area contributed by atoms with E-state index in [9.17, 15) is 9.59 Å². The summed E-state index contributed by atoms with van der Waals surface area (Å²) in [4.78, 5) is 27.9. The van der Waals surface area contributed by atoms with Crippen molar-refractivity contribution in [3.05, 3.63) is 0 Å². The number of amides is 3. The van der Waals surface area contributed by atoms with Crippen LogP contribution >= 0.6 is 0 Å². The molecule has 0 aromatic heterocycles. The van der Waals surface area contributed by atoms with Gasteiger partial charge in [0.05, 0.1) is 13.2 Å². The van der Waals surface area contributed by atoms with Crippen LogP contribution < -0.4 is 10.6 Å². The van der Waals surface area contributed by atoms with Crippen LogP contribution in [0.2, 0.25) is 0 Å². The highest BCUT2D eigenvalue weighted by Crippen LogP contribution is 2.10. The van der Waals surface area contributed by atoms with Gasteiger partial charge in [0, 0.05) is 39.3 Å². The number of ether oxygens (including phenoxy) is 1. The normalized spacial score (nSPS) is 24.2. The van der Waals surface area contributed by atoms with Crippen LogP contribution in [0.4, 0.5) is 4.79 Å². The zero-order valence-corrected chi connectivity index (χ0v) is 11.4. The second-order valence-electron chi connectivity index (χ2n) is 4.69. The van der Waals surface area contributed by atoms with E-state index in [0.717, 1.165) is 6.54 Å². The predicted molar refractivity (Wildman–Crippen MR) is 69.8 cm³/mol. The van der Waals surface area contributed by atoms with Crippen LogP contribution in [-0.4, -0.2) is 80.3 Å². The van der Waals surface area contributed by atoms with Crippen molar-refractivity contribution in [1.29, 1.82) is 0 Å². The highest BCUT2D eigenvalue weighted by atomic mass is 16.5. The molecule has 0 aliphatic carbocycles. The van der Waals surface area contributed by atoms with E-state index in [1.54, 1.807) is 9.80 Å². The maximum Gasteiger partial charge on any atom is 0.320 e. The van der Waals surface area contributed by atoms with Gasteiger partial charge in [-0.2, -0.15) is 0 Å². The number of hydrogen-bond donors (Lipinski definition) is 2. The SMILES string of the molecule is CCNC(=O)C1CNCCN1C(=O)N1CCOCC1. The lowest BCUT2D eigenvalue weighted by Gasteiger charge is -2.39. The van der Waals surface area contributed by atoms with Crippen molar-refractivity contribution < 1.29 is 14.3 Å². The topological polar surface area (TPSA) is 73.9 Å². The molecule has 2 N–H and O–H groups in total. The number of likely N-dealkylation sites (N-methyl/N-ethyl adjacent to an activating group) is 1. The second-order valence-corrected chi connectivity index (χ2v) is 4.69. The quantitative estimate of drug-likeness (QED) is 0.664. The Hall–Kier alpha value is -1.34. The average molecular weight is 270 g/mol. The van der Waals surface area contributed by atoms with Gasteiger partial charge in [-0.1, -0.05) is 0 Å². The van der Waals surface area contributed by atoms with E-state index in [0.29, 0.717) is 45.9 Å². The van der Waals surface area contributed by atoms with E-state index < -0.39 is 6.04 Å². The number of rotatable bonds is 2. The molecule has 2 heterocycles. The Morgan fingerprint density at radius 1 is 1.32 bits per heavy atom. The van der Waals surface area contributed by atoms with Gasteiger partial charge in [-0.3, -0.25) is 4.79 Å². The molecule has 0 spiro atoms. The van der Waals surface area contributed by atoms with Crippen LogP contribution in [0.5, 0.6) is 0 Å². The summed E-state index contributed by atoms with van der Waals surface area (Å²) in [6.07, 6.45) is 0. The number of piperazine rings is 1. The van der Waals surface area contributed by atoms with Crippen molar-refractivity contribution in [1.82, 2.24) is 20.4 Å². The molecule has 2 aliphatic heterocycles. The molecule has 0 radical (unpaired) electrons. The molecule has 108 valence electrons. The van der Waals surface area contributed by atoms with Crippen LogP contribution in [0.15, 0.2) is 0 Å². The van der Waals surface area contributed by atoms with Crippen molar-refractivity contribution in [2.75, 3.05) is 52.5 Å². The number of nitrogens with zero attached hydrogens (tertiary/aromatic N) is 2. The molecule has 2 rings (SSSR count).